The maximum atomic E-state index is 13.1. The summed E-state index contributed by atoms with van der Waals surface area (Å²) in [5.74, 6) is -0.699. The van der Waals surface area contributed by atoms with Gasteiger partial charge in [-0.15, -0.1) is 0 Å². The second-order valence-electron chi connectivity index (χ2n) is 6.93. The van der Waals surface area contributed by atoms with Crippen molar-refractivity contribution in [3.8, 4) is 0 Å². The van der Waals surface area contributed by atoms with E-state index in [2.05, 4.69) is 24.8 Å². The zero-order valence-electron chi connectivity index (χ0n) is 16.8. The topological polar surface area (TPSA) is 139 Å². The lowest BCUT2D eigenvalue weighted by Gasteiger charge is -2.37. The Morgan fingerprint density at radius 1 is 1.31 bits per heavy atom. The molecule has 29 heavy (non-hydrogen) atoms. The lowest BCUT2D eigenvalue weighted by Crippen LogP contribution is -2.56. The summed E-state index contributed by atoms with van der Waals surface area (Å²) < 4.78 is 10.6. The van der Waals surface area contributed by atoms with E-state index in [0.29, 0.717) is 17.3 Å². The summed E-state index contributed by atoms with van der Waals surface area (Å²) in [7, 11) is 5.91. The molecular weight excluding hydrogens is 384 g/mol. The molecule has 2 N–H and O–H groups in total. The Labute approximate surface area is 167 Å². The second-order valence-corrected chi connectivity index (χ2v) is 6.93. The van der Waals surface area contributed by atoms with Crippen molar-refractivity contribution in [1.29, 1.82) is 0 Å². The number of likely N-dealkylation sites (N-methyl/N-ethyl adjacent to an activating group) is 2. The highest BCUT2D eigenvalue weighted by Gasteiger charge is 2.46. The highest BCUT2D eigenvalue weighted by Crippen LogP contribution is 2.31. The Balaban J connectivity index is 1.93. The number of aliphatic imine (C=N–C) groups is 1. The first-order chi connectivity index (χ1) is 13.7. The van der Waals surface area contributed by atoms with Gasteiger partial charge in [0.05, 0.1) is 38.0 Å². The average molecular weight is 408 g/mol. The predicted octanol–water partition coefficient (Wildman–Crippen LogP) is -1.25. The number of imidazole rings is 1. The molecule has 158 valence electrons. The summed E-state index contributed by atoms with van der Waals surface area (Å²) in [6.45, 7) is 1.71. The second kappa shape index (κ2) is 7.70. The average Bonchev–Trinajstić information content (AvgIpc) is 3.24. The number of nitrogens with zero attached hydrogens (tertiary/aromatic N) is 5. The van der Waals surface area contributed by atoms with Crippen molar-refractivity contribution in [2.24, 2.45) is 4.99 Å². The number of hydrogen-bond acceptors (Lipinski definition) is 10. The number of ether oxygens (including phenoxy) is 2. The fraction of sp³-hybridized carbons (Fsp3) is 0.588. The van der Waals surface area contributed by atoms with E-state index in [0.717, 1.165) is 14.2 Å². The first kappa shape index (κ1) is 20.6. The molecule has 3 rings (SSSR count). The number of carbonyl (C=O) groups excluding carboxylic acids is 3. The van der Waals surface area contributed by atoms with Gasteiger partial charge >= 0.3 is 12.1 Å². The molecule has 3 heterocycles. The van der Waals surface area contributed by atoms with Crippen LogP contribution in [-0.2, 0) is 20.7 Å². The van der Waals surface area contributed by atoms with Crippen molar-refractivity contribution < 1.29 is 29.0 Å². The van der Waals surface area contributed by atoms with E-state index in [4.69, 9.17) is 0 Å². The highest BCUT2D eigenvalue weighted by molar-refractivity contribution is 5.93. The van der Waals surface area contributed by atoms with Gasteiger partial charge in [-0.05, 0) is 6.92 Å². The molecule has 1 aromatic heterocycles. The minimum absolute atomic E-state index is 0.126. The number of hydrogen-bond donors (Lipinski definition) is 2. The molecule has 0 spiro atoms. The van der Waals surface area contributed by atoms with Crippen molar-refractivity contribution in [2.75, 3.05) is 33.2 Å². The Morgan fingerprint density at radius 3 is 2.62 bits per heavy atom. The zero-order chi connectivity index (χ0) is 21.5. The number of carbonyl (C=O) groups is 3. The molecule has 12 nitrogen and oxygen atoms in total. The van der Waals surface area contributed by atoms with Crippen molar-refractivity contribution in [3.05, 3.63) is 11.4 Å². The van der Waals surface area contributed by atoms with E-state index in [1.807, 2.05) is 23.9 Å². The fourth-order valence-corrected chi connectivity index (χ4v) is 3.67. The first-order valence-electron chi connectivity index (χ1n) is 8.92. The lowest BCUT2D eigenvalue weighted by molar-refractivity contribution is -0.146. The molecule has 0 saturated carbocycles. The van der Waals surface area contributed by atoms with Gasteiger partial charge in [0.1, 0.15) is 6.17 Å². The maximum Gasteiger partial charge on any atom is 0.407 e. The monoisotopic (exact) mass is 408 g/mol. The molecule has 4 unspecified atom stereocenters. The van der Waals surface area contributed by atoms with Crippen LogP contribution in [-0.4, -0.2) is 96.5 Å². The highest BCUT2D eigenvalue weighted by atomic mass is 16.5. The quantitative estimate of drug-likeness (QED) is 0.572. The van der Waals surface area contributed by atoms with Crippen LogP contribution in [0.25, 0.3) is 0 Å². The minimum Gasteiger partial charge on any atom is -0.467 e. The summed E-state index contributed by atoms with van der Waals surface area (Å²) in [5.41, 5.74) is 0.945. The first-order valence-corrected chi connectivity index (χ1v) is 8.92. The molecule has 4 atom stereocenters. The van der Waals surface area contributed by atoms with Crippen LogP contribution in [0.1, 0.15) is 16.2 Å². The number of fused-ring (bicyclic) bond motifs is 2. The van der Waals surface area contributed by atoms with Crippen LogP contribution in [0.3, 0.4) is 0 Å². The van der Waals surface area contributed by atoms with Crippen LogP contribution in [0.15, 0.2) is 4.99 Å². The van der Waals surface area contributed by atoms with Crippen molar-refractivity contribution >= 4 is 30.3 Å². The number of anilines is 1. The molecule has 0 bridgehead atoms. The Kier molecular flexibility index (Phi) is 5.46. The number of esters is 1. The van der Waals surface area contributed by atoms with Gasteiger partial charge in [-0.25, -0.2) is 14.6 Å². The molecular formula is C17H24N6O6. The normalized spacial score (nSPS) is 22.1. The van der Waals surface area contributed by atoms with Gasteiger partial charge in [-0.1, -0.05) is 0 Å². The van der Waals surface area contributed by atoms with Crippen molar-refractivity contribution in [2.45, 2.75) is 37.7 Å². The molecule has 0 fully saturated rings. The van der Waals surface area contributed by atoms with E-state index in [1.165, 1.54) is 4.57 Å². The maximum absolute atomic E-state index is 13.1. The summed E-state index contributed by atoms with van der Waals surface area (Å²) in [5, 5.41) is 12.9. The lowest BCUT2D eigenvalue weighted by atomic mass is 10.0. The molecule has 1 aromatic rings. The third kappa shape index (κ3) is 3.39. The van der Waals surface area contributed by atoms with Crippen molar-refractivity contribution in [1.82, 2.24) is 19.8 Å². The number of aryl methyl sites for hydroxylation is 1. The fourth-order valence-electron chi connectivity index (χ4n) is 3.67. The molecule has 0 saturated heterocycles. The van der Waals surface area contributed by atoms with Gasteiger partial charge in [0.25, 0.3) is 5.91 Å². The SMILES string of the molecule is COC(=O)NC(C(=O)OC)C(O)Cc1c(C)nc2n1C(=O)C1N=CN(C)C1N2C. The van der Waals surface area contributed by atoms with E-state index >= 15 is 0 Å². The Hall–Kier alpha value is -3.15. The van der Waals surface area contributed by atoms with Gasteiger partial charge in [0.2, 0.25) is 5.95 Å². The molecule has 2 aliphatic heterocycles. The minimum atomic E-state index is -1.38. The van der Waals surface area contributed by atoms with Gasteiger partial charge in [-0.2, -0.15) is 0 Å². The van der Waals surface area contributed by atoms with Crippen LogP contribution in [0, 0.1) is 6.92 Å². The molecule has 12 heteroatoms. The molecule has 0 aliphatic carbocycles. The van der Waals surface area contributed by atoms with Crippen LogP contribution in [0.2, 0.25) is 0 Å². The number of alkyl carbamates (subject to hydrolysis) is 1. The van der Waals surface area contributed by atoms with Crippen LogP contribution < -0.4 is 10.2 Å². The molecule has 0 aromatic carbocycles. The summed E-state index contributed by atoms with van der Waals surface area (Å²) >= 11 is 0. The van der Waals surface area contributed by atoms with Gasteiger partial charge < -0.3 is 29.7 Å². The number of aliphatic hydroxyl groups is 1. The molecule has 2 aliphatic rings. The Morgan fingerprint density at radius 2 is 2.00 bits per heavy atom. The van der Waals surface area contributed by atoms with Gasteiger partial charge in [0, 0.05) is 20.5 Å². The van der Waals surface area contributed by atoms with Crippen LogP contribution in [0.4, 0.5) is 10.7 Å². The third-order valence-corrected chi connectivity index (χ3v) is 5.15. The van der Waals surface area contributed by atoms with Gasteiger partial charge in [-0.3, -0.25) is 14.4 Å². The number of rotatable bonds is 5. The van der Waals surface area contributed by atoms with Crippen molar-refractivity contribution in [3.63, 3.8) is 0 Å². The Bertz CT molecular complexity index is 867. The van der Waals surface area contributed by atoms with Crippen LogP contribution >= 0.6 is 0 Å². The largest absolute Gasteiger partial charge is 0.467 e. The van der Waals surface area contributed by atoms with E-state index in [1.54, 1.807) is 13.3 Å². The number of aromatic nitrogens is 2. The molecule has 0 radical (unpaired) electrons. The number of methoxy groups -OCH3 is 2. The zero-order valence-corrected chi connectivity index (χ0v) is 16.8. The standard InChI is InChI=1S/C17H24N6O6/c1-8-9(6-10(24)11(15(26)28-4)20-17(27)29-5)23-14(25)12-13(21(2)7-18-12)22(3)16(23)19-8/h7,10-13,24H,6H2,1-5H3,(H,20,27). The summed E-state index contributed by atoms with van der Waals surface area (Å²) in [6, 6.07) is -2.01. The number of nitrogens with one attached hydrogen (secondary N) is 1. The summed E-state index contributed by atoms with van der Waals surface area (Å²) in [6.07, 6.45) is -1.08. The third-order valence-electron chi connectivity index (χ3n) is 5.15. The predicted molar refractivity (Wildman–Crippen MR) is 101 cm³/mol. The number of aliphatic hydroxyl groups excluding tert-OH is 1. The van der Waals surface area contributed by atoms with E-state index in [9.17, 15) is 19.5 Å². The van der Waals surface area contributed by atoms with Gasteiger partial charge in [0.15, 0.2) is 12.1 Å². The van der Waals surface area contributed by atoms with E-state index < -0.39 is 30.3 Å². The number of amides is 1. The van der Waals surface area contributed by atoms with Crippen LogP contribution in [0.5, 0.6) is 0 Å². The smallest absolute Gasteiger partial charge is 0.407 e. The molecule has 1 amide bonds. The van der Waals surface area contributed by atoms with E-state index in [-0.39, 0.29) is 18.5 Å². The summed E-state index contributed by atoms with van der Waals surface area (Å²) in [4.78, 5) is 49.1.